The minimum atomic E-state index is -0.264. The molecule has 5 rings (SSSR count). The van der Waals surface area contributed by atoms with E-state index in [1.165, 1.54) is 23.4 Å². The maximum absolute atomic E-state index is 13.2. The molecule has 8 heteroatoms. The van der Waals surface area contributed by atoms with Gasteiger partial charge in [0, 0.05) is 56.6 Å². The fraction of sp³-hybridized carbons (Fsp3) is 0.481. The summed E-state index contributed by atoms with van der Waals surface area (Å²) in [6.07, 6.45) is 2.81. The van der Waals surface area contributed by atoms with Crippen LogP contribution >= 0.6 is 0 Å². The molecule has 1 N–H and O–H groups in total. The monoisotopic (exact) mass is 477 g/mol. The van der Waals surface area contributed by atoms with Crippen molar-refractivity contribution in [2.75, 3.05) is 62.7 Å². The van der Waals surface area contributed by atoms with Crippen molar-refractivity contribution in [3.05, 3.63) is 54.1 Å². The van der Waals surface area contributed by atoms with Crippen LogP contribution in [0.15, 0.2) is 48.5 Å². The first-order chi connectivity index (χ1) is 17.1. The second-order valence-electron chi connectivity index (χ2n) is 9.53. The van der Waals surface area contributed by atoms with Crippen LogP contribution in [0.2, 0.25) is 0 Å². The van der Waals surface area contributed by atoms with E-state index in [1.807, 2.05) is 36.4 Å². The Morgan fingerprint density at radius 3 is 2.17 bits per heavy atom. The number of benzene rings is 2. The summed E-state index contributed by atoms with van der Waals surface area (Å²) in [5, 5.41) is 3.45. The van der Waals surface area contributed by atoms with Gasteiger partial charge in [-0.15, -0.1) is 0 Å². The van der Waals surface area contributed by atoms with Gasteiger partial charge >= 0.3 is 6.03 Å². The summed E-state index contributed by atoms with van der Waals surface area (Å²) in [4.78, 5) is 33.9. The molecule has 0 unspecified atom stereocenters. The van der Waals surface area contributed by atoms with Crippen molar-refractivity contribution in [2.45, 2.75) is 31.8 Å². The van der Waals surface area contributed by atoms with E-state index < -0.39 is 0 Å². The van der Waals surface area contributed by atoms with Gasteiger partial charge in [-0.1, -0.05) is 12.1 Å². The minimum absolute atomic E-state index is 0.134. The average Bonchev–Trinajstić information content (AvgIpc) is 2.92. The number of carbonyl (C=O) groups is 2. The average molecular weight is 478 g/mol. The molecule has 3 amide bonds. The van der Waals surface area contributed by atoms with Crippen LogP contribution in [0.25, 0.3) is 0 Å². The molecule has 186 valence electrons. The maximum atomic E-state index is 13.2. The molecule has 3 fully saturated rings. The Bertz CT molecular complexity index is 1010. The topological polar surface area (TPSA) is 68.4 Å². The molecular weight excluding hydrogens is 442 g/mol. The molecule has 3 heterocycles. The summed E-state index contributed by atoms with van der Waals surface area (Å²) < 4.78 is 5.20. The van der Waals surface area contributed by atoms with Crippen LogP contribution in [0, 0.1) is 0 Å². The predicted molar refractivity (Wildman–Crippen MR) is 137 cm³/mol. The normalized spacial score (nSPS) is 20.4. The van der Waals surface area contributed by atoms with Gasteiger partial charge in [-0.3, -0.25) is 19.5 Å². The van der Waals surface area contributed by atoms with Gasteiger partial charge in [-0.25, -0.2) is 4.79 Å². The summed E-state index contributed by atoms with van der Waals surface area (Å²) in [5.74, 6) is 0.616. The number of hydrogen-bond donors (Lipinski definition) is 1. The molecule has 0 bridgehead atoms. The fourth-order valence-corrected chi connectivity index (χ4v) is 5.36. The molecule has 8 nitrogen and oxygen atoms in total. The van der Waals surface area contributed by atoms with Crippen molar-refractivity contribution in [1.82, 2.24) is 15.1 Å². The lowest BCUT2D eigenvalue weighted by molar-refractivity contribution is -0.129. The van der Waals surface area contributed by atoms with E-state index in [1.54, 1.807) is 12.0 Å². The molecule has 3 aliphatic rings. The van der Waals surface area contributed by atoms with E-state index >= 15 is 0 Å². The van der Waals surface area contributed by atoms with E-state index in [9.17, 15) is 9.59 Å². The molecule has 3 aliphatic heterocycles. The van der Waals surface area contributed by atoms with Crippen molar-refractivity contribution < 1.29 is 14.3 Å². The van der Waals surface area contributed by atoms with E-state index in [4.69, 9.17) is 4.74 Å². The lowest BCUT2D eigenvalue weighted by Crippen LogP contribution is -2.53. The number of imide groups is 1. The molecule has 2 aromatic rings. The lowest BCUT2D eigenvalue weighted by atomic mass is 10.0. The van der Waals surface area contributed by atoms with Crippen LogP contribution < -0.4 is 19.9 Å². The van der Waals surface area contributed by atoms with Crippen molar-refractivity contribution in [3.63, 3.8) is 0 Å². The number of ether oxygens (including phenoxy) is 1. The Hall–Kier alpha value is -3.10. The second-order valence-corrected chi connectivity index (χ2v) is 9.53. The molecule has 2 aromatic carbocycles. The van der Waals surface area contributed by atoms with Crippen molar-refractivity contribution in [2.24, 2.45) is 0 Å². The third-order valence-electron chi connectivity index (χ3n) is 7.48. The highest BCUT2D eigenvalue weighted by molar-refractivity contribution is 6.05. The standard InChI is InChI=1S/C27H35N5O3/c1-35-25-8-2-21(3-9-25)20-32-26(33)12-15-31(27(32)34)24-6-4-22(5-7-24)29-16-18-30(19-17-29)23-10-13-28-14-11-23/h2-9,23,28H,10-20H2,1H3. The van der Waals surface area contributed by atoms with Gasteiger partial charge in [0.1, 0.15) is 5.75 Å². The number of hydrogen-bond acceptors (Lipinski definition) is 6. The van der Waals surface area contributed by atoms with Crippen LogP contribution in [0.4, 0.5) is 16.2 Å². The number of amides is 3. The molecule has 35 heavy (non-hydrogen) atoms. The Morgan fingerprint density at radius 1 is 0.857 bits per heavy atom. The molecule has 0 spiro atoms. The highest BCUT2D eigenvalue weighted by Gasteiger charge is 2.33. The van der Waals surface area contributed by atoms with Gasteiger partial charge in [0.25, 0.3) is 0 Å². The largest absolute Gasteiger partial charge is 0.497 e. The quantitative estimate of drug-likeness (QED) is 0.690. The number of rotatable bonds is 6. The zero-order chi connectivity index (χ0) is 24.2. The van der Waals surface area contributed by atoms with Gasteiger partial charge in [0.15, 0.2) is 0 Å². The Morgan fingerprint density at radius 2 is 1.51 bits per heavy atom. The summed E-state index contributed by atoms with van der Waals surface area (Å²) in [6.45, 7) is 7.17. The Balaban J connectivity index is 1.20. The zero-order valence-corrected chi connectivity index (χ0v) is 20.5. The molecule has 0 atom stereocenters. The van der Waals surface area contributed by atoms with E-state index in [0.29, 0.717) is 13.0 Å². The third-order valence-corrected chi connectivity index (χ3v) is 7.48. The summed E-state index contributed by atoms with van der Waals surface area (Å²) in [7, 11) is 1.62. The minimum Gasteiger partial charge on any atom is -0.497 e. The first-order valence-corrected chi connectivity index (χ1v) is 12.7. The third kappa shape index (κ3) is 5.28. The van der Waals surface area contributed by atoms with E-state index in [2.05, 4.69) is 27.2 Å². The van der Waals surface area contributed by atoms with Crippen LogP contribution in [-0.4, -0.2) is 80.7 Å². The van der Waals surface area contributed by atoms with Crippen molar-refractivity contribution >= 4 is 23.3 Å². The first-order valence-electron chi connectivity index (χ1n) is 12.7. The SMILES string of the molecule is COc1ccc(CN2C(=O)CCN(c3ccc(N4CCN(C5CCNCC5)CC4)cc3)C2=O)cc1. The van der Waals surface area contributed by atoms with Crippen LogP contribution in [-0.2, 0) is 11.3 Å². The smallest absolute Gasteiger partial charge is 0.331 e. The first kappa shape index (κ1) is 23.6. The van der Waals surface area contributed by atoms with Gasteiger partial charge < -0.3 is 15.0 Å². The molecule has 0 aromatic heterocycles. The van der Waals surface area contributed by atoms with Crippen LogP contribution in [0.3, 0.4) is 0 Å². The number of urea groups is 1. The number of nitrogens with zero attached hydrogens (tertiary/aromatic N) is 4. The summed E-state index contributed by atoms with van der Waals surface area (Å²) in [6, 6.07) is 16.1. The van der Waals surface area contributed by atoms with Crippen LogP contribution in [0.1, 0.15) is 24.8 Å². The molecule has 0 saturated carbocycles. The summed E-state index contributed by atoms with van der Waals surface area (Å²) in [5.41, 5.74) is 2.92. The van der Waals surface area contributed by atoms with Crippen molar-refractivity contribution in [3.8, 4) is 5.75 Å². The zero-order valence-electron chi connectivity index (χ0n) is 20.5. The van der Waals surface area contributed by atoms with Gasteiger partial charge in [-0.2, -0.15) is 0 Å². The second kappa shape index (κ2) is 10.7. The summed E-state index contributed by atoms with van der Waals surface area (Å²) >= 11 is 0. The highest BCUT2D eigenvalue weighted by atomic mass is 16.5. The fourth-order valence-electron chi connectivity index (χ4n) is 5.36. The van der Waals surface area contributed by atoms with E-state index in [0.717, 1.165) is 62.3 Å². The lowest BCUT2D eigenvalue weighted by Gasteiger charge is -2.41. The number of anilines is 2. The van der Waals surface area contributed by atoms with Crippen molar-refractivity contribution in [1.29, 1.82) is 0 Å². The predicted octanol–water partition coefficient (Wildman–Crippen LogP) is 2.93. The Kier molecular flexibility index (Phi) is 7.20. The van der Waals surface area contributed by atoms with Gasteiger partial charge in [0.05, 0.1) is 13.7 Å². The maximum Gasteiger partial charge on any atom is 0.331 e. The number of methoxy groups -OCH3 is 1. The van der Waals surface area contributed by atoms with E-state index in [-0.39, 0.29) is 18.5 Å². The molecule has 3 saturated heterocycles. The molecule has 0 aliphatic carbocycles. The van der Waals surface area contributed by atoms with Gasteiger partial charge in [0.2, 0.25) is 5.91 Å². The Labute approximate surface area is 207 Å². The van der Waals surface area contributed by atoms with Crippen LogP contribution in [0.5, 0.6) is 5.75 Å². The number of carbonyl (C=O) groups excluding carboxylic acids is 2. The number of piperidine rings is 1. The molecular formula is C27H35N5O3. The number of piperazine rings is 1. The molecule has 0 radical (unpaired) electrons. The number of nitrogens with one attached hydrogen (secondary N) is 1. The highest BCUT2D eigenvalue weighted by Crippen LogP contribution is 2.27. The van der Waals surface area contributed by atoms with Gasteiger partial charge in [-0.05, 0) is 67.9 Å².